The number of aromatic nitrogens is 3. The van der Waals surface area contributed by atoms with E-state index in [4.69, 9.17) is 4.74 Å². The van der Waals surface area contributed by atoms with Gasteiger partial charge in [0.15, 0.2) is 11.5 Å². The number of alkyl halides is 3. The lowest BCUT2D eigenvalue weighted by molar-refractivity contribution is -0.181. The van der Waals surface area contributed by atoms with E-state index in [0.29, 0.717) is 0 Å². The maximum absolute atomic E-state index is 13.8. The second kappa shape index (κ2) is 6.65. The molecule has 0 aromatic carbocycles. The van der Waals surface area contributed by atoms with Gasteiger partial charge >= 0.3 is 12.3 Å². The Morgan fingerprint density at radius 3 is 2.33 bits per heavy atom. The summed E-state index contributed by atoms with van der Waals surface area (Å²) in [6.45, 7) is 9.05. The van der Waals surface area contributed by atoms with Crippen molar-refractivity contribution in [3.8, 4) is 0 Å². The predicted octanol–water partition coefficient (Wildman–Crippen LogP) is 4.47. The monoisotopic (exact) mass is 390 g/mol. The molecule has 10 heteroatoms. The third kappa shape index (κ3) is 3.44. The summed E-state index contributed by atoms with van der Waals surface area (Å²) in [7, 11) is 0. The molecule has 0 radical (unpaired) electrons. The maximum atomic E-state index is 13.8. The molecule has 1 aliphatic rings. The van der Waals surface area contributed by atoms with Crippen LogP contribution in [0.15, 0.2) is 12.4 Å². The molecule has 27 heavy (non-hydrogen) atoms. The molecule has 1 aliphatic heterocycles. The fourth-order valence-electron chi connectivity index (χ4n) is 2.79. The van der Waals surface area contributed by atoms with Crippen molar-refractivity contribution in [3.05, 3.63) is 23.9 Å². The van der Waals surface area contributed by atoms with Gasteiger partial charge < -0.3 is 4.74 Å². The first kappa shape index (κ1) is 20.9. The maximum Gasteiger partial charge on any atom is 0.414 e. The lowest BCUT2D eigenvalue weighted by atomic mass is 9.88. The molecule has 0 spiro atoms. The van der Waals surface area contributed by atoms with Crippen LogP contribution in [0, 0.1) is 5.82 Å². The van der Waals surface area contributed by atoms with Crippen molar-refractivity contribution >= 4 is 17.4 Å². The largest absolute Gasteiger partial charge is 0.443 e. The molecule has 0 N–H and O–H groups in total. The van der Waals surface area contributed by atoms with E-state index < -0.39 is 35.6 Å². The molecule has 0 saturated heterocycles. The van der Waals surface area contributed by atoms with Gasteiger partial charge in [-0.05, 0) is 27.7 Å². The lowest BCUT2D eigenvalue weighted by Gasteiger charge is -2.29. The number of hydrogen-bond acceptors (Lipinski definition) is 4. The number of carbonyl (C=O) groups excluding carboxylic acids is 1. The second-order valence-electron chi connectivity index (χ2n) is 7.12. The van der Waals surface area contributed by atoms with E-state index in [1.165, 1.54) is 0 Å². The first-order valence-electron chi connectivity index (χ1n) is 8.45. The van der Waals surface area contributed by atoms with Crippen molar-refractivity contribution in [1.82, 2.24) is 14.6 Å². The summed E-state index contributed by atoms with van der Waals surface area (Å²) < 4.78 is 61.1. The van der Waals surface area contributed by atoms with Gasteiger partial charge in [0, 0.05) is 6.54 Å². The molecule has 3 heterocycles. The Hall–Kier alpha value is -2.39. The average molecular weight is 390 g/mol. The average Bonchev–Trinajstić information content (AvgIpc) is 3.07. The Morgan fingerprint density at radius 2 is 1.81 bits per heavy atom. The van der Waals surface area contributed by atoms with E-state index in [-0.39, 0.29) is 17.0 Å². The Bertz CT molecular complexity index is 857. The molecule has 0 aliphatic carbocycles. The van der Waals surface area contributed by atoms with Crippen LogP contribution in [0.1, 0.15) is 47.2 Å². The molecular weight excluding hydrogens is 368 g/mol. The molecule has 0 saturated carbocycles. The zero-order valence-electron chi connectivity index (χ0n) is 16.0. The summed E-state index contributed by atoms with van der Waals surface area (Å²) in [6, 6.07) is 0. The summed E-state index contributed by atoms with van der Waals surface area (Å²) in [5.74, 6) is -0.844. The quantitative estimate of drug-likeness (QED) is 0.623. The van der Waals surface area contributed by atoms with Gasteiger partial charge in [-0.25, -0.2) is 18.7 Å². The number of ether oxygens (including phenoxy) is 1. The van der Waals surface area contributed by atoms with Crippen LogP contribution in [0.25, 0.3) is 5.65 Å². The van der Waals surface area contributed by atoms with Crippen molar-refractivity contribution in [1.29, 1.82) is 0 Å². The minimum Gasteiger partial charge on any atom is -0.443 e. The number of carbonyl (C=O) groups is 1. The summed E-state index contributed by atoms with van der Waals surface area (Å²) in [5.41, 5.74) is -4.12. The van der Waals surface area contributed by atoms with Crippen LogP contribution < -0.4 is 4.90 Å². The molecule has 2 aromatic rings. The van der Waals surface area contributed by atoms with E-state index in [0.717, 1.165) is 28.7 Å². The van der Waals surface area contributed by atoms with E-state index in [9.17, 15) is 22.4 Å². The normalized spacial score (nSPS) is 19.6. The van der Waals surface area contributed by atoms with Crippen molar-refractivity contribution in [3.63, 3.8) is 0 Å². The second-order valence-corrected chi connectivity index (χ2v) is 7.12. The molecule has 3 rings (SSSR count). The standard InChI is InChI=1S/C15H16F4N4O2.C2H6/c1-13(2,3)25-12(24)22-7-14(4,15(17,18)19)10-9(22)6-20-11-8(16)5-21-23(10)11;1-2/h5-6H,7H2,1-4H3;1-2H3. The highest BCUT2D eigenvalue weighted by Crippen LogP contribution is 2.50. The van der Waals surface area contributed by atoms with Crippen LogP contribution in [-0.4, -0.2) is 39.0 Å². The minimum absolute atomic E-state index is 0.107. The number of halogens is 4. The first-order valence-corrected chi connectivity index (χ1v) is 8.45. The zero-order valence-corrected chi connectivity index (χ0v) is 16.0. The van der Waals surface area contributed by atoms with E-state index in [2.05, 4.69) is 10.1 Å². The number of amides is 1. The van der Waals surface area contributed by atoms with Gasteiger partial charge in [0.1, 0.15) is 11.0 Å². The summed E-state index contributed by atoms with van der Waals surface area (Å²) in [5, 5.41) is 3.67. The van der Waals surface area contributed by atoms with Gasteiger partial charge in [-0.1, -0.05) is 13.8 Å². The number of hydrogen-bond donors (Lipinski definition) is 0. The molecule has 1 atom stereocenters. The van der Waals surface area contributed by atoms with Crippen LogP contribution >= 0.6 is 0 Å². The minimum atomic E-state index is -4.70. The zero-order chi connectivity index (χ0) is 20.8. The fraction of sp³-hybridized carbons (Fsp3) is 0.588. The molecule has 6 nitrogen and oxygen atoms in total. The molecule has 0 fully saturated rings. The molecule has 0 bridgehead atoms. The van der Waals surface area contributed by atoms with Crippen molar-refractivity contribution < 1.29 is 27.1 Å². The van der Waals surface area contributed by atoms with Crippen LogP contribution in [0.5, 0.6) is 0 Å². The first-order chi connectivity index (χ1) is 12.3. The Kier molecular flexibility index (Phi) is 5.15. The van der Waals surface area contributed by atoms with E-state index in [1.807, 2.05) is 13.8 Å². The molecule has 1 amide bonds. The van der Waals surface area contributed by atoms with Crippen LogP contribution in [-0.2, 0) is 10.2 Å². The third-order valence-electron chi connectivity index (χ3n) is 3.99. The third-order valence-corrected chi connectivity index (χ3v) is 3.99. The number of rotatable bonds is 0. The Labute approximate surface area is 154 Å². The van der Waals surface area contributed by atoms with Gasteiger partial charge in [-0.3, -0.25) is 4.90 Å². The predicted molar refractivity (Wildman–Crippen MR) is 91.3 cm³/mol. The SMILES string of the molecule is CC.CC(C)(C)OC(=O)N1CC(C)(C(F)(F)F)c2c1cnc1c(F)cnn21. The topological polar surface area (TPSA) is 59.7 Å². The van der Waals surface area contributed by atoms with Crippen molar-refractivity contribution in [2.45, 2.75) is 58.7 Å². The molecule has 1 unspecified atom stereocenters. The van der Waals surface area contributed by atoms with Crippen LogP contribution in [0.2, 0.25) is 0 Å². The van der Waals surface area contributed by atoms with Crippen molar-refractivity contribution in [2.24, 2.45) is 0 Å². The molecule has 150 valence electrons. The Balaban J connectivity index is 0.00000126. The van der Waals surface area contributed by atoms with Gasteiger partial charge in [-0.2, -0.15) is 18.3 Å². The molecule has 2 aromatic heterocycles. The van der Waals surface area contributed by atoms with Crippen LogP contribution in [0.4, 0.5) is 28.0 Å². The summed E-state index contributed by atoms with van der Waals surface area (Å²) >= 11 is 0. The van der Waals surface area contributed by atoms with Gasteiger partial charge in [0.05, 0.1) is 23.8 Å². The smallest absolute Gasteiger partial charge is 0.414 e. The Morgan fingerprint density at radius 1 is 1.22 bits per heavy atom. The highest BCUT2D eigenvalue weighted by molar-refractivity contribution is 5.91. The summed E-state index contributed by atoms with van der Waals surface area (Å²) in [6.07, 6.45) is -3.81. The fourth-order valence-corrected chi connectivity index (χ4v) is 2.79. The number of nitrogens with zero attached hydrogens (tertiary/aromatic N) is 4. The lowest BCUT2D eigenvalue weighted by Crippen LogP contribution is -2.46. The van der Waals surface area contributed by atoms with E-state index in [1.54, 1.807) is 20.8 Å². The highest BCUT2D eigenvalue weighted by Gasteiger charge is 2.61. The summed E-state index contributed by atoms with van der Waals surface area (Å²) in [4.78, 5) is 17.0. The van der Waals surface area contributed by atoms with Gasteiger partial charge in [0.25, 0.3) is 0 Å². The van der Waals surface area contributed by atoms with Crippen LogP contribution in [0.3, 0.4) is 0 Å². The highest BCUT2D eigenvalue weighted by atomic mass is 19.4. The van der Waals surface area contributed by atoms with Crippen molar-refractivity contribution in [2.75, 3.05) is 11.4 Å². The number of anilines is 1. The van der Waals surface area contributed by atoms with E-state index >= 15 is 0 Å². The number of fused-ring (bicyclic) bond motifs is 3. The van der Waals surface area contributed by atoms with Gasteiger partial charge in [0.2, 0.25) is 0 Å². The van der Waals surface area contributed by atoms with Gasteiger partial charge in [-0.15, -0.1) is 0 Å². The molecular formula is C17H22F4N4O2.